The summed E-state index contributed by atoms with van der Waals surface area (Å²) in [5, 5.41) is 3.63. The second kappa shape index (κ2) is 9.38. The minimum absolute atomic E-state index is 0.0455. The molecule has 5 nitrogen and oxygen atoms in total. The first-order valence-corrected chi connectivity index (χ1v) is 10.5. The predicted octanol–water partition coefficient (Wildman–Crippen LogP) is 6.95. The summed E-state index contributed by atoms with van der Waals surface area (Å²) in [6.45, 7) is 1.78. The van der Waals surface area contributed by atoms with Gasteiger partial charge in [-0.1, -0.05) is 29.8 Å². The highest BCUT2D eigenvalue weighted by atomic mass is 35.5. The van der Waals surface area contributed by atoms with E-state index in [-0.39, 0.29) is 10.7 Å². The van der Waals surface area contributed by atoms with Crippen molar-refractivity contribution in [3.63, 3.8) is 0 Å². The van der Waals surface area contributed by atoms with Crippen molar-refractivity contribution >= 4 is 39.7 Å². The van der Waals surface area contributed by atoms with Gasteiger partial charge in [0.1, 0.15) is 22.9 Å². The van der Waals surface area contributed by atoms with Crippen molar-refractivity contribution in [2.24, 2.45) is 0 Å². The topological polar surface area (TPSA) is 60.7 Å². The average molecular weight is 466 g/mol. The average Bonchev–Trinajstić information content (AvgIpc) is 3.22. The van der Waals surface area contributed by atoms with Crippen LogP contribution in [0.15, 0.2) is 71.4 Å². The van der Waals surface area contributed by atoms with Crippen LogP contribution in [0, 0.1) is 5.82 Å². The van der Waals surface area contributed by atoms with Crippen LogP contribution in [0.25, 0.3) is 27.7 Å². The Hall–Kier alpha value is -3.77. The number of carbonyl (C=O) groups is 1. The van der Waals surface area contributed by atoms with Gasteiger partial charge in [0, 0.05) is 39.2 Å². The number of halogens is 2. The van der Waals surface area contributed by atoms with Crippen molar-refractivity contribution in [2.45, 2.75) is 6.92 Å². The van der Waals surface area contributed by atoms with Crippen LogP contribution in [0.2, 0.25) is 5.02 Å². The summed E-state index contributed by atoms with van der Waals surface area (Å²) in [6, 6.07) is 15.4. The first kappa shape index (κ1) is 22.4. The maximum Gasteiger partial charge on any atom is 0.248 e. The zero-order valence-electron chi connectivity index (χ0n) is 18.2. The number of furan rings is 1. The van der Waals surface area contributed by atoms with E-state index in [2.05, 4.69) is 5.32 Å². The summed E-state index contributed by atoms with van der Waals surface area (Å²) in [5.41, 5.74) is 3.75. The summed E-state index contributed by atoms with van der Waals surface area (Å²) >= 11 is 5.77. The number of allylic oxidation sites excluding steroid dienone is 1. The number of methoxy groups -OCH3 is 2. The van der Waals surface area contributed by atoms with E-state index in [9.17, 15) is 9.18 Å². The maximum atomic E-state index is 14.0. The van der Waals surface area contributed by atoms with Crippen LogP contribution in [0.1, 0.15) is 12.5 Å². The monoisotopic (exact) mass is 465 g/mol. The fourth-order valence-electron chi connectivity index (χ4n) is 3.64. The molecule has 3 aromatic carbocycles. The van der Waals surface area contributed by atoms with Gasteiger partial charge in [-0.3, -0.25) is 4.79 Å². The molecule has 33 heavy (non-hydrogen) atoms. The zero-order valence-corrected chi connectivity index (χ0v) is 19.0. The minimum Gasteiger partial charge on any atom is -0.496 e. The lowest BCUT2D eigenvalue weighted by molar-refractivity contribution is -0.111. The molecule has 0 bridgehead atoms. The number of benzene rings is 3. The van der Waals surface area contributed by atoms with E-state index in [1.54, 1.807) is 33.5 Å². The van der Waals surface area contributed by atoms with Crippen molar-refractivity contribution < 1.29 is 23.1 Å². The SMILES string of the molecule is COc1cc2occ(-c3ccccc3OC)c2cc1/C(C)=C/C(=O)Nc1ccc(Cl)cc1F. The van der Waals surface area contributed by atoms with Crippen molar-refractivity contribution in [3.8, 4) is 22.6 Å². The molecule has 7 heteroatoms. The molecular weight excluding hydrogens is 445 g/mol. The van der Waals surface area contributed by atoms with Gasteiger partial charge in [-0.15, -0.1) is 0 Å². The summed E-state index contributed by atoms with van der Waals surface area (Å²) in [6.07, 6.45) is 3.06. The molecule has 1 aromatic heterocycles. The third-order valence-electron chi connectivity index (χ3n) is 5.25. The van der Waals surface area contributed by atoms with E-state index in [1.165, 1.54) is 18.2 Å². The Bertz CT molecular complexity index is 1380. The van der Waals surface area contributed by atoms with Gasteiger partial charge in [0.15, 0.2) is 0 Å². The van der Waals surface area contributed by atoms with Crippen molar-refractivity contribution in [2.75, 3.05) is 19.5 Å². The Morgan fingerprint density at radius 2 is 1.79 bits per heavy atom. The molecular formula is C26H21ClFNO4. The summed E-state index contributed by atoms with van der Waals surface area (Å²) in [7, 11) is 3.16. The third-order valence-corrected chi connectivity index (χ3v) is 5.49. The molecule has 1 heterocycles. The zero-order chi connectivity index (χ0) is 23.5. The minimum atomic E-state index is -0.610. The van der Waals surface area contributed by atoms with Gasteiger partial charge in [-0.2, -0.15) is 0 Å². The molecule has 0 aliphatic carbocycles. The van der Waals surface area contributed by atoms with E-state index in [4.69, 9.17) is 25.5 Å². The fourth-order valence-corrected chi connectivity index (χ4v) is 3.80. The highest BCUT2D eigenvalue weighted by Crippen LogP contribution is 2.40. The van der Waals surface area contributed by atoms with E-state index < -0.39 is 11.7 Å². The van der Waals surface area contributed by atoms with Crippen LogP contribution >= 0.6 is 11.6 Å². The highest BCUT2D eigenvalue weighted by molar-refractivity contribution is 6.30. The van der Waals surface area contributed by atoms with Crippen molar-refractivity contribution in [1.82, 2.24) is 0 Å². The van der Waals surface area contributed by atoms with Crippen molar-refractivity contribution in [3.05, 3.63) is 83.3 Å². The predicted molar refractivity (Wildman–Crippen MR) is 128 cm³/mol. The molecule has 4 rings (SSSR count). The second-order valence-corrected chi connectivity index (χ2v) is 7.78. The Labute approximate surface area is 195 Å². The lowest BCUT2D eigenvalue weighted by Gasteiger charge is -2.11. The Morgan fingerprint density at radius 1 is 1.03 bits per heavy atom. The number of nitrogens with one attached hydrogen (secondary N) is 1. The normalized spacial score (nSPS) is 11.5. The molecule has 0 saturated carbocycles. The third kappa shape index (κ3) is 4.56. The number of anilines is 1. The molecule has 0 spiro atoms. The van der Waals surface area contributed by atoms with Gasteiger partial charge in [-0.25, -0.2) is 4.39 Å². The Balaban J connectivity index is 1.73. The standard InChI is InChI=1S/C26H21ClFNO4/c1-15(10-26(30)29-22-9-8-16(27)11-21(22)28)18-12-19-20(14-33-25(19)13-24(18)32-3)17-6-4-5-7-23(17)31-2/h4-14H,1-3H3,(H,29,30)/b15-10+. The van der Waals surface area contributed by atoms with Crippen LogP contribution in [0.3, 0.4) is 0 Å². The van der Waals surface area contributed by atoms with Crippen molar-refractivity contribution in [1.29, 1.82) is 0 Å². The number of amides is 1. The van der Waals surface area contributed by atoms with Crippen LogP contribution in [0.5, 0.6) is 11.5 Å². The number of hydrogen-bond donors (Lipinski definition) is 1. The maximum absolute atomic E-state index is 14.0. The number of carbonyl (C=O) groups excluding carboxylic acids is 1. The molecule has 0 radical (unpaired) electrons. The van der Waals surface area contributed by atoms with Crippen LogP contribution in [0.4, 0.5) is 10.1 Å². The largest absolute Gasteiger partial charge is 0.496 e. The summed E-state index contributed by atoms with van der Waals surface area (Å²) in [5.74, 6) is 0.172. The number of hydrogen-bond acceptors (Lipinski definition) is 4. The summed E-state index contributed by atoms with van der Waals surface area (Å²) in [4.78, 5) is 12.6. The van der Waals surface area contributed by atoms with Gasteiger partial charge >= 0.3 is 0 Å². The van der Waals surface area contributed by atoms with Crippen LogP contribution in [-0.4, -0.2) is 20.1 Å². The van der Waals surface area contributed by atoms with Gasteiger partial charge in [-0.05, 0) is 42.8 Å². The summed E-state index contributed by atoms with van der Waals surface area (Å²) < 4.78 is 30.8. The molecule has 1 amide bonds. The molecule has 4 aromatic rings. The number of ether oxygens (including phenoxy) is 2. The van der Waals surface area contributed by atoms with E-state index in [0.717, 1.165) is 22.6 Å². The van der Waals surface area contributed by atoms with E-state index >= 15 is 0 Å². The molecule has 1 N–H and O–H groups in total. The lowest BCUT2D eigenvalue weighted by Crippen LogP contribution is -2.10. The van der Waals surface area contributed by atoms with Gasteiger partial charge < -0.3 is 19.2 Å². The van der Waals surface area contributed by atoms with Gasteiger partial charge in [0.05, 0.1) is 26.2 Å². The lowest BCUT2D eigenvalue weighted by atomic mass is 9.98. The quantitative estimate of drug-likeness (QED) is 0.313. The fraction of sp³-hybridized carbons (Fsp3) is 0.115. The molecule has 0 saturated heterocycles. The Morgan fingerprint density at radius 3 is 2.52 bits per heavy atom. The first-order valence-electron chi connectivity index (χ1n) is 10.1. The van der Waals surface area contributed by atoms with E-state index in [1.807, 2.05) is 30.3 Å². The molecule has 0 atom stereocenters. The Kier molecular flexibility index (Phi) is 6.38. The molecule has 168 valence electrons. The second-order valence-electron chi connectivity index (χ2n) is 7.34. The molecule has 0 aliphatic rings. The smallest absolute Gasteiger partial charge is 0.248 e. The molecule has 0 aliphatic heterocycles. The number of rotatable bonds is 6. The number of fused-ring (bicyclic) bond motifs is 1. The molecule has 0 unspecified atom stereocenters. The highest BCUT2D eigenvalue weighted by Gasteiger charge is 2.17. The number of para-hydroxylation sites is 1. The van der Waals surface area contributed by atoms with Crippen LogP contribution < -0.4 is 14.8 Å². The first-order chi connectivity index (χ1) is 15.9. The van der Waals surface area contributed by atoms with E-state index in [0.29, 0.717) is 28.2 Å². The van der Waals surface area contributed by atoms with Gasteiger partial charge in [0.25, 0.3) is 0 Å². The van der Waals surface area contributed by atoms with Crippen LogP contribution in [-0.2, 0) is 4.79 Å². The molecule has 0 fully saturated rings. The van der Waals surface area contributed by atoms with Gasteiger partial charge in [0.2, 0.25) is 5.91 Å².